The molecule has 0 aliphatic rings. The first-order valence-electron chi connectivity index (χ1n) is 7.87. The Morgan fingerprint density at radius 2 is 1.42 bits per heavy atom. The molecule has 0 saturated heterocycles. The molecule has 3 rings (SSSR count). The molecule has 0 saturated carbocycles. The predicted octanol–water partition coefficient (Wildman–Crippen LogP) is 4.90. The van der Waals surface area contributed by atoms with Crippen molar-refractivity contribution >= 4 is 5.69 Å². The average Bonchev–Trinajstić information content (AvgIpc) is 2.67. The molecule has 118 valence electrons. The molecule has 24 heavy (non-hydrogen) atoms. The Bertz CT molecular complexity index is 815. The Balaban J connectivity index is 1.86. The van der Waals surface area contributed by atoms with Gasteiger partial charge < -0.3 is 10.1 Å². The highest BCUT2D eigenvalue weighted by Gasteiger charge is 2.08. The van der Waals surface area contributed by atoms with Crippen molar-refractivity contribution in [3.8, 4) is 17.6 Å². The maximum atomic E-state index is 5.21. The van der Waals surface area contributed by atoms with Crippen molar-refractivity contribution < 1.29 is 4.74 Å². The van der Waals surface area contributed by atoms with Crippen molar-refractivity contribution in [2.45, 2.75) is 6.04 Å². The molecule has 2 heteroatoms. The van der Waals surface area contributed by atoms with E-state index in [1.807, 2.05) is 72.8 Å². The summed E-state index contributed by atoms with van der Waals surface area (Å²) in [5, 5.41) is 3.49. The van der Waals surface area contributed by atoms with Crippen LogP contribution < -0.4 is 10.1 Å². The maximum Gasteiger partial charge on any atom is 0.119 e. The minimum Gasteiger partial charge on any atom is -0.497 e. The average molecular weight is 313 g/mol. The zero-order valence-electron chi connectivity index (χ0n) is 13.6. The summed E-state index contributed by atoms with van der Waals surface area (Å²) in [5.41, 5.74) is 3.15. The van der Waals surface area contributed by atoms with Crippen LogP contribution in [0.1, 0.15) is 17.2 Å². The molecule has 0 fully saturated rings. The summed E-state index contributed by atoms with van der Waals surface area (Å²) in [6, 6.07) is 28.1. The summed E-state index contributed by atoms with van der Waals surface area (Å²) >= 11 is 0. The van der Waals surface area contributed by atoms with Gasteiger partial charge in [-0.25, -0.2) is 0 Å². The number of methoxy groups -OCH3 is 1. The standard InChI is InChI=1S/C22H19NO/c1-24-21-15-13-20(14-16-21)23-22(19-10-6-3-7-11-19)17-12-18-8-4-2-5-9-18/h2-11,13-16,22-23H,1H3. The first-order chi connectivity index (χ1) is 11.8. The molecule has 0 bridgehead atoms. The third kappa shape index (κ3) is 4.18. The molecule has 0 aliphatic heterocycles. The van der Waals surface area contributed by atoms with E-state index < -0.39 is 0 Å². The minimum atomic E-state index is -0.0835. The second-order valence-corrected chi connectivity index (χ2v) is 5.35. The van der Waals surface area contributed by atoms with Gasteiger partial charge in [0.15, 0.2) is 0 Å². The zero-order chi connectivity index (χ0) is 16.6. The van der Waals surface area contributed by atoms with Gasteiger partial charge in [-0.1, -0.05) is 60.4 Å². The van der Waals surface area contributed by atoms with Crippen LogP contribution in [0.3, 0.4) is 0 Å². The van der Waals surface area contributed by atoms with E-state index in [2.05, 4.69) is 29.3 Å². The number of ether oxygens (including phenoxy) is 1. The second-order valence-electron chi connectivity index (χ2n) is 5.35. The lowest BCUT2D eigenvalue weighted by atomic mass is 10.1. The van der Waals surface area contributed by atoms with Gasteiger partial charge in [0.25, 0.3) is 0 Å². The van der Waals surface area contributed by atoms with Crippen LogP contribution in [-0.2, 0) is 0 Å². The third-order valence-corrected chi connectivity index (χ3v) is 3.67. The molecule has 1 unspecified atom stereocenters. The number of rotatable bonds is 4. The van der Waals surface area contributed by atoms with Crippen LogP contribution in [0, 0.1) is 11.8 Å². The molecule has 2 nitrogen and oxygen atoms in total. The van der Waals surface area contributed by atoms with Crippen LogP contribution in [0.2, 0.25) is 0 Å². The third-order valence-electron chi connectivity index (χ3n) is 3.67. The minimum absolute atomic E-state index is 0.0835. The summed E-state index contributed by atoms with van der Waals surface area (Å²) in [6.45, 7) is 0. The SMILES string of the molecule is COc1ccc(NC(C#Cc2ccccc2)c2ccccc2)cc1. The summed E-state index contributed by atoms with van der Waals surface area (Å²) in [5.74, 6) is 7.43. The number of benzene rings is 3. The second kappa shape index (κ2) is 7.89. The van der Waals surface area contributed by atoms with Crippen LogP contribution in [0.25, 0.3) is 0 Å². The topological polar surface area (TPSA) is 21.3 Å². The van der Waals surface area contributed by atoms with Crippen molar-refractivity contribution in [2.75, 3.05) is 12.4 Å². The molecule has 0 aromatic heterocycles. The van der Waals surface area contributed by atoms with E-state index in [1.165, 1.54) is 0 Å². The van der Waals surface area contributed by atoms with Crippen molar-refractivity contribution in [3.05, 3.63) is 96.1 Å². The van der Waals surface area contributed by atoms with Crippen LogP contribution in [0.5, 0.6) is 5.75 Å². The highest BCUT2D eigenvalue weighted by molar-refractivity contribution is 5.51. The molecule has 0 radical (unpaired) electrons. The van der Waals surface area contributed by atoms with Gasteiger partial charge in [0.1, 0.15) is 11.8 Å². The van der Waals surface area contributed by atoms with Gasteiger partial charge in [0.2, 0.25) is 0 Å². The number of hydrogen-bond acceptors (Lipinski definition) is 2. The lowest BCUT2D eigenvalue weighted by molar-refractivity contribution is 0.415. The Hall–Kier alpha value is -3.18. The fraction of sp³-hybridized carbons (Fsp3) is 0.0909. The monoisotopic (exact) mass is 313 g/mol. The Morgan fingerprint density at radius 1 is 0.792 bits per heavy atom. The summed E-state index contributed by atoms with van der Waals surface area (Å²) < 4.78 is 5.21. The predicted molar refractivity (Wildman–Crippen MR) is 99.1 cm³/mol. The molecular weight excluding hydrogens is 294 g/mol. The first-order valence-corrected chi connectivity index (χ1v) is 7.87. The summed E-state index contributed by atoms with van der Waals surface area (Å²) in [7, 11) is 1.67. The normalized spacial score (nSPS) is 11.0. The molecule has 1 N–H and O–H groups in total. The van der Waals surface area contributed by atoms with Crippen LogP contribution in [0.4, 0.5) is 5.69 Å². The fourth-order valence-corrected chi connectivity index (χ4v) is 2.38. The van der Waals surface area contributed by atoms with Crippen molar-refractivity contribution in [3.63, 3.8) is 0 Å². The highest BCUT2D eigenvalue weighted by Crippen LogP contribution is 2.21. The summed E-state index contributed by atoms with van der Waals surface area (Å²) in [6.07, 6.45) is 0. The van der Waals surface area contributed by atoms with Gasteiger partial charge in [0.05, 0.1) is 7.11 Å². The van der Waals surface area contributed by atoms with Crippen LogP contribution >= 0.6 is 0 Å². The van der Waals surface area contributed by atoms with Crippen LogP contribution in [-0.4, -0.2) is 7.11 Å². The van der Waals surface area contributed by atoms with E-state index in [0.29, 0.717) is 0 Å². The summed E-state index contributed by atoms with van der Waals surface area (Å²) in [4.78, 5) is 0. The van der Waals surface area contributed by atoms with E-state index in [9.17, 15) is 0 Å². The van der Waals surface area contributed by atoms with E-state index in [-0.39, 0.29) is 6.04 Å². The van der Waals surface area contributed by atoms with Crippen LogP contribution in [0.15, 0.2) is 84.9 Å². The van der Waals surface area contributed by atoms with Gasteiger partial charge in [0, 0.05) is 11.3 Å². The largest absolute Gasteiger partial charge is 0.497 e. The molecule has 0 heterocycles. The van der Waals surface area contributed by atoms with Crippen molar-refractivity contribution in [2.24, 2.45) is 0 Å². The zero-order valence-corrected chi connectivity index (χ0v) is 13.6. The van der Waals surface area contributed by atoms with Crippen molar-refractivity contribution in [1.29, 1.82) is 0 Å². The molecule has 3 aromatic carbocycles. The Labute approximate surface area is 143 Å². The van der Waals surface area contributed by atoms with Gasteiger partial charge >= 0.3 is 0 Å². The van der Waals surface area contributed by atoms with Gasteiger partial charge in [-0.05, 0) is 42.0 Å². The molecule has 0 amide bonds. The quantitative estimate of drug-likeness (QED) is 0.692. The molecule has 0 aliphatic carbocycles. The Morgan fingerprint density at radius 3 is 2.04 bits per heavy atom. The molecule has 1 atom stereocenters. The molecule has 3 aromatic rings. The lowest BCUT2D eigenvalue weighted by Crippen LogP contribution is -2.08. The molecule has 0 spiro atoms. The first kappa shape index (κ1) is 15.7. The lowest BCUT2D eigenvalue weighted by Gasteiger charge is -2.15. The van der Waals surface area contributed by atoms with Crippen molar-refractivity contribution in [1.82, 2.24) is 0 Å². The van der Waals surface area contributed by atoms with E-state index >= 15 is 0 Å². The number of hydrogen-bond donors (Lipinski definition) is 1. The van der Waals surface area contributed by atoms with E-state index in [4.69, 9.17) is 4.74 Å². The smallest absolute Gasteiger partial charge is 0.119 e. The van der Waals surface area contributed by atoms with E-state index in [1.54, 1.807) is 7.11 Å². The van der Waals surface area contributed by atoms with Gasteiger partial charge in [-0.2, -0.15) is 0 Å². The molecular formula is C22H19NO. The maximum absolute atomic E-state index is 5.21. The van der Waals surface area contributed by atoms with Gasteiger partial charge in [-0.15, -0.1) is 0 Å². The van der Waals surface area contributed by atoms with E-state index in [0.717, 1.165) is 22.6 Å². The number of nitrogens with one attached hydrogen (secondary N) is 1. The van der Waals surface area contributed by atoms with Gasteiger partial charge in [-0.3, -0.25) is 0 Å². The highest BCUT2D eigenvalue weighted by atomic mass is 16.5. The number of anilines is 1. The fourth-order valence-electron chi connectivity index (χ4n) is 2.38. The Kier molecular flexibility index (Phi) is 5.17.